The number of benzene rings is 1. The summed E-state index contributed by atoms with van der Waals surface area (Å²) in [4.78, 5) is 22.7. The van der Waals surface area contributed by atoms with Gasteiger partial charge in [-0.1, -0.05) is 33.1 Å². The van der Waals surface area contributed by atoms with Gasteiger partial charge in [0, 0.05) is 11.7 Å². The minimum atomic E-state index is -0.978. The standard InChI is InChI=1S/C16H24N2O3/c1-3-5-7-13(6-4-2)17-16(21)18-14-10-8-12(9-11-14)15(19)20/h8-11,13H,3-7H2,1-2H3,(H,19,20)(H2,17,18,21). The molecule has 116 valence electrons. The Morgan fingerprint density at radius 1 is 1.10 bits per heavy atom. The van der Waals surface area contributed by atoms with E-state index in [4.69, 9.17) is 5.11 Å². The average molecular weight is 292 g/mol. The maximum atomic E-state index is 11.9. The minimum absolute atomic E-state index is 0.188. The molecular formula is C16H24N2O3. The summed E-state index contributed by atoms with van der Waals surface area (Å²) in [5, 5.41) is 14.5. The van der Waals surface area contributed by atoms with Crippen molar-refractivity contribution in [1.82, 2.24) is 5.32 Å². The van der Waals surface area contributed by atoms with Crippen LogP contribution in [0.15, 0.2) is 24.3 Å². The number of aromatic carboxylic acids is 1. The maximum Gasteiger partial charge on any atom is 0.335 e. The lowest BCUT2D eigenvalue weighted by atomic mass is 10.1. The lowest BCUT2D eigenvalue weighted by Crippen LogP contribution is -2.37. The van der Waals surface area contributed by atoms with Crippen LogP contribution in [0.2, 0.25) is 0 Å². The SMILES string of the molecule is CCCCC(CCC)NC(=O)Nc1ccc(C(=O)O)cc1. The van der Waals surface area contributed by atoms with E-state index in [0.717, 1.165) is 32.1 Å². The quantitative estimate of drug-likeness (QED) is 0.680. The number of urea groups is 1. The third-order valence-corrected chi connectivity index (χ3v) is 3.27. The van der Waals surface area contributed by atoms with Crippen molar-refractivity contribution in [2.45, 2.75) is 52.0 Å². The van der Waals surface area contributed by atoms with Gasteiger partial charge in [-0.25, -0.2) is 9.59 Å². The molecule has 0 aromatic heterocycles. The van der Waals surface area contributed by atoms with E-state index >= 15 is 0 Å². The first kappa shape index (κ1) is 17.0. The Hall–Kier alpha value is -2.04. The molecule has 1 rings (SSSR count). The Balaban J connectivity index is 2.52. The highest BCUT2D eigenvalue weighted by Crippen LogP contribution is 2.11. The first-order valence-electron chi connectivity index (χ1n) is 7.47. The van der Waals surface area contributed by atoms with Gasteiger partial charge in [0.2, 0.25) is 0 Å². The van der Waals surface area contributed by atoms with E-state index in [9.17, 15) is 9.59 Å². The number of carboxylic acids is 1. The normalized spacial score (nSPS) is 11.7. The molecule has 0 heterocycles. The van der Waals surface area contributed by atoms with Crippen molar-refractivity contribution < 1.29 is 14.7 Å². The van der Waals surface area contributed by atoms with Gasteiger partial charge in [0.05, 0.1) is 5.56 Å². The molecule has 0 aliphatic heterocycles. The molecule has 0 bridgehead atoms. The number of rotatable bonds is 8. The number of hydrogen-bond donors (Lipinski definition) is 3. The van der Waals surface area contributed by atoms with E-state index in [2.05, 4.69) is 24.5 Å². The average Bonchev–Trinajstić information content (AvgIpc) is 2.45. The topological polar surface area (TPSA) is 78.4 Å². The van der Waals surface area contributed by atoms with Crippen molar-refractivity contribution in [3.05, 3.63) is 29.8 Å². The van der Waals surface area contributed by atoms with Crippen molar-refractivity contribution in [1.29, 1.82) is 0 Å². The summed E-state index contributed by atoms with van der Waals surface area (Å²) >= 11 is 0. The number of nitrogens with one attached hydrogen (secondary N) is 2. The third kappa shape index (κ3) is 6.29. The van der Waals surface area contributed by atoms with Gasteiger partial charge >= 0.3 is 12.0 Å². The second kappa shape index (κ2) is 9.00. The van der Waals surface area contributed by atoms with Crippen LogP contribution < -0.4 is 10.6 Å². The highest BCUT2D eigenvalue weighted by atomic mass is 16.4. The Morgan fingerprint density at radius 2 is 1.76 bits per heavy atom. The van der Waals surface area contributed by atoms with Crippen LogP contribution in [0.1, 0.15) is 56.3 Å². The van der Waals surface area contributed by atoms with E-state index in [0.29, 0.717) is 5.69 Å². The number of hydrogen-bond acceptors (Lipinski definition) is 2. The summed E-state index contributed by atoms with van der Waals surface area (Å²) in [6.07, 6.45) is 5.18. The van der Waals surface area contributed by atoms with Crippen LogP contribution in [0.25, 0.3) is 0 Å². The predicted molar refractivity (Wildman–Crippen MR) is 83.8 cm³/mol. The number of anilines is 1. The fourth-order valence-electron chi connectivity index (χ4n) is 2.14. The monoisotopic (exact) mass is 292 g/mol. The van der Waals surface area contributed by atoms with Gasteiger partial charge in [-0.3, -0.25) is 0 Å². The lowest BCUT2D eigenvalue weighted by molar-refractivity contribution is 0.0697. The molecule has 1 unspecified atom stereocenters. The Kier molecular flexibility index (Phi) is 7.29. The lowest BCUT2D eigenvalue weighted by Gasteiger charge is -2.18. The van der Waals surface area contributed by atoms with Crippen molar-refractivity contribution in [3.63, 3.8) is 0 Å². The van der Waals surface area contributed by atoms with Gasteiger partial charge in [-0.05, 0) is 37.1 Å². The Labute approximate surface area is 125 Å². The molecule has 1 atom stereocenters. The molecule has 5 heteroatoms. The fraction of sp³-hybridized carbons (Fsp3) is 0.500. The molecule has 0 spiro atoms. The van der Waals surface area contributed by atoms with Gasteiger partial charge in [0.25, 0.3) is 0 Å². The maximum absolute atomic E-state index is 11.9. The number of amides is 2. The van der Waals surface area contributed by atoms with Crippen LogP contribution in [-0.4, -0.2) is 23.1 Å². The van der Waals surface area contributed by atoms with Crippen LogP contribution in [0.5, 0.6) is 0 Å². The second-order valence-electron chi connectivity index (χ2n) is 5.11. The Morgan fingerprint density at radius 3 is 2.29 bits per heavy atom. The molecule has 0 aliphatic carbocycles. The summed E-state index contributed by atoms with van der Waals surface area (Å²) in [6.45, 7) is 4.23. The minimum Gasteiger partial charge on any atom is -0.478 e. The van der Waals surface area contributed by atoms with Crippen molar-refractivity contribution in [2.75, 3.05) is 5.32 Å². The van der Waals surface area contributed by atoms with Gasteiger partial charge < -0.3 is 15.7 Å². The number of carbonyl (C=O) groups excluding carboxylic acids is 1. The molecule has 0 radical (unpaired) electrons. The summed E-state index contributed by atoms with van der Waals surface area (Å²) in [5.74, 6) is -0.978. The molecule has 0 aliphatic rings. The summed E-state index contributed by atoms with van der Waals surface area (Å²) in [5.41, 5.74) is 0.788. The molecule has 1 aromatic rings. The van der Waals surface area contributed by atoms with Gasteiger partial charge in [0.15, 0.2) is 0 Å². The Bertz CT molecular complexity index is 457. The molecule has 0 saturated heterocycles. The summed E-state index contributed by atoms with van der Waals surface area (Å²) < 4.78 is 0. The smallest absolute Gasteiger partial charge is 0.335 e. The zero-order valence-electron chi connectivity index (χ0n) is 12.7. The molecule has 5 nitrogen and oxygen atoms in total. The fourth-order valence-corrected chi connectivity index (χ4v) is 2.14. The van der Waals surface area contributed by atoms with Crippen LogP contribution in [-0.2, 0) is 0 Å². The van der Waals surface area contributed by atoms with Crippen molar-refractivity contribution >= 4 is 17.7 Å². The van der Waals surface area contributed by atoms with E-state index in [1.165, 1.54) is 12.1 Å². The molecule has 0 saturated carbocycles. The van der Waals surface area contributed by atoms with E-state index in [-0.39, 0.29) is 17.6 Å². The highest BCUT2D eigenvalue weighted by molar-refractivity contribution is 5.91. The van der Waals surface area contributed by atoms with Crippen LogP contribution in [0, 0.1) is 0 Å². The highest BCUT2D eigenvalue weighted by Gasteiger charge is 2.11. The molecule has 21 heavy (non-hydrogen) atoms. The van der Waals surface area contributed by atoms with E-state index in [1.807, 2.05) is 0 Å². The van der Waals surface area contributed by atoms with E-state index in [1.54, 1.807) is 12.1 Å². The molecule has 1 aromatic carbocycles. The number of carbonyl (C=O) groups is 2. The van der Waals surface area contributed by atoms with Gasteiger partial charge in [0.1, 0.15) is 0 Å². The first-order chi connectivity index (χ1) is 10.1. The van der Waals surface area contributed by atoms with Gasteiger partial charge in [-0.2, -0.15) is 0 Å². The van der Waals surface area contributed by atoms with Crippen molar-refractivity contribution in [3.8, 4) is 0 Å². The third-order valence-electron chi connectivity index (χ3n) is 3.27. The molecule has 0 fully saturated rings. The predicted octanol–water partition coefficient (Wildman–Crippen LogP) is 3.87. The van der Waals surface area contributed by atoms with Crippen molar-refractivity contribution in [2.24, 2.45) is 0 Å². The molecule has 2 amide bonds. The number of carboxylic acid groups (broad SMARTS) is 1. The summed E-state index contributed by atoms with van der Waals surface area (Å²) in [6, 6.07) is 6.06. The summed E-state index contributed by atoms with van der Waals surface area (Å²) in [7, 11) is 0. The van der Waals surface area contributed by atoms with Crippen LogP contribution in [0.3, 0.4) is 0 Å². The van der Waals surface area contributed by atoms with Crippen LogP contribution >= 0.6 is 0 Å². The molecule has 3 N–H and O–H groups in total. The van der Waals surface area contributed by atoms with Gasteiger partial charge in [-0.15, -0.1) is 0 Å². The number of unbranched alkanes of at least 4 members (excludes halogenated alkanes) is 1. The first-order valence-corrected chi connectivity index (χ1v) is 7.47. The second-order valence-corrected chi connectivity index (χ2v) is 5.11. The molecular weight excluding hydrogens is 268 g/mol. The van der Waals surface area contributed by atoms with E-state index < -0.39 is 5.97 Å². The zero-order valence-corrected chi connectivity index (χ0v) is 12.7. The van der Waals surface area contributed by atoms with Crippen LogP contribution in [0.4, 0.5) is 10.5 Å². The zero-order chi connectivity index (χ0) is 15.7. The largest absolute Gasteiger partial charge is 0.478 e.